The zero-order valence-corrected chi connectivity index (χ0v) is 11.8. The van der Waals surface area contributed by atoms with Gasteiger partial charge in [-0.05, 0) is 43.3 Å². The highest BCUT2D eigenvalue weighted by atomic mass is 16.5. The third-order valence-corrected chi connectivity index (χ3v) is 3.18. The normalized spacial score (nSPS) is 11.7. The largest absolute Gasteiger partial charge is 0.507 e. The van der Waals surface area contributed by atoms with Crippen molar-refractivity contribution in [2.24, 2.45) is 0 Å². The predicted octanol–water partition coefficient (Wildman–Crippen LogP) is 3.06. The number of hydrogen-bond donors (Lipinski definition) is 3. The second kappa shape index (κ2) is 6.17. The van der Waals surface area contributed by atoms with Crippen LogP contribution in [0.25, 0.3) is 0 Å². The number of aromatic hydroxyl groups is 2. The minimum atomic E-state index is -0.395. The second-order valence-electron chi connectivity index (χ2n) is 4.64. The van der Waals surface area contributed by atoms with Gasteiger partial charge in [-0.2, -0.15) is 0 Å². The van der Waals surface area contributed by atoms with Crippen LogP contribution in [0.4, 0.5) is 5.69 Å². The summed E-state index contributed by atoms with van der Waals surface area (Å²) < 4.78 is 4.63. The first kappa shape index (κ1) is 14.7. The molecule has 21 heavy (non-hydrogen) atoms. The van der Waals surface area contributed by atoms with Crippen molar-refractivity contribution < 1.29 is 19.7 Å². The van der Waals surface area contributed by atoms with Crippen molar-refractivity contribution in [2.45, 2.75) is 13.0 Å². The Bertz CT molecular complexity index is 617. The van der Waals surface area contributed by atoms with Crippen LogP contribution in [0, 0.1) is 0 Å². The molecule has 2 aromatic rings. The summed E-state index contributed by atoms with van der Waals surface area (Å²) in [5.41, 5.74) is 1.65. The molecule has 0 radical (unpaired) electrons. The van der Waals surface area contributed by atoms with E-state index in [1.54, 1.807) is 30.3 Å². The first-order valence-corrected chi connectivity index (χ1v) is 6.48. The number of phenolic OH excluding ortho intramolecular Hbond substituents is 2. The molecule has 0 fully saturated rings. The number of rotatable bonds is 4. The van der Waals surface area contributed by atoms with Gasteiger partial charge in [-0.15, -0.1) is 0 Å². The monoisotopic (exact) mass is 287 g/mol. The van der Waals surface area contributed by atoms with Gasteiger partial charge in [-0.3, -0.25) is 0 Å². The Morgan fingerprint density at radius 1 is 1.10 bits per heavy atom. The first-order valence-electron chi connectivity index (χ1n) is 6.48. The standard InChI is InChI=1S/C16H17NO4/c1-10(15-13(18)4-3-5-14(15)19)17-12-8-6-11(7-9-12)16(20)21-2/h3-10,17-19H,1-2H3. The molecule has 0 saturated heterocycles. The topological polar surface area (TPSA) is 78.8 Å². The molecule has 0 saturated carbocycles. The first-order chi connectivity index (χ1) is 10.0. The summed E-state index contributed by atoms with van der Waals surface area (Å²) in [6, 6.07) is 11.1. The molecule has 110 valence electrons. The van der Waals surface area contributed by atoms with Gasteiger partial charge in [-0.25, -0.2) is 4.79 Å². The van der Waals surface area contributed by atoms with Crippen LogP contribution in [-0.4, -0.2) is 23.3 Å². The van der Waals surface area contributed by atoms with Crippen LogP contribution < -0.4 is 5.32 Å². The number of esters is 1. The number of carbonyl (C=O) groups excluding carboxylic acids is 1. The molecule has 5 heteroatoms. The Labute approximate surface area is 122 Å². The molecule has 0 heterocycles. The van der Waals surface area contributed by atoms with E-state index in [2.05, 4.69) is 10.1 Å². The van der Waals surface area contributed by atoms with Gasteiger partial charge in [0.2, 0.25) is 0 Å². The molecule has 0 spiro atoms. The van der Waals surface area contributed by atoms with Crippen LogP contribution in [0.2, 0.25) is 0 Å². The fourth-order valence-electron chi connectivity index (χ4n) is 2.13. The molecule has 2 rings (SSSR count). The molecule has 0 aliphatic carbocycles. The molecule has 0 aliphatic heterocycles. The molecular formula is C16H17NO4. The predicted molar refractivity (Wildman–Crippen MR) is 79.6 cm³/mol. The Hall–Kier alpha value is -2.69. The van der Waals surface area contributed by atoms with E-state index in [9.17, 15) is 15.0 Å². The molecule has 5 nitrogen and oxygen atoms in total. The van der Waals surface area contributed by atoms with E-state index in [0.717, 1.165) is 5.69 Å². The summed E-state index contributed by atoms with van der Waals surface area (Å²) in [5, 5.41) is 22.8. The fourth-order valence-corrected chi connectivity index (χ4v) is 2.13. The average Bonchev–Trinajstić information content (AvgIpc) is 2.47. The van der Waals surface area contributed by atoms with Gasteiger partial charge in [0.25, 0.3) is 0 Å². The number of nitrogens with one attached hydrogen (secondary N) is 1. The lowest BCUT2D eigenvalue weighted by atomic mass is 10.1. The Balaban J connectivity index is 2.16. The van der Waals surface area contributed by atoms with Crippen LogP contribution in [0.15, 0.2) is 42.5 Å². The summed E-state index contributed by atoms with van der Waals surface area (Å²) in [7, 11) is 1.33. The maximum atomic E-state index is 11.3. The van der Waals surface area contributed by atoms with Crippen molar-refractivity contribution in [1.82, 2.24) is 0 Å². The molecule has 3 N–H and O–H groups in total. The van der Waals surface area contributed by atoms with Crippen LogP contribution in [0.1, 0.15) is 28.9 Å². The molecule has 0 amide bonds. The van der Waals surface area contributed by atoms with E-state index in [-0.39, 0.29) is 17.5 Å². The molecule has 0 aliphatic rings. The van der Waals surface area contributed by atoms with Gasteiger partial charge in [-0.1, -0.05) is 6.07 Å². The van der Waals surface area contributed by atoms with Gasteiger partial charge in [0.1, 0.15) is 11.5 Å². The summed E-state index contributed by atoms with van der Waals surface area (Å²) >= 11 is 0. The van der Waals surface area contributed by atoms with E-state index < -0.39 is 5.97 Å². The zero-order valence-electron chi connectivity index (χ0n) is 11.8. The summed E-state index contributed by atoms with van der Waals surface area (Å²) in [4.78, 5) is 11.3. The summed E-state index contributed by atoms with van der Waals surface area (Å²) in [6.45, 7) is 1.82. The smallest absolute Gasteiger partial charge is 0.337 e. The number of benzene rings is 2. The third-order valence-electron chi connectivity index (χ3n) is 3.18. The highest BCUT2D eigenvalue weighted by Crippen LogP contribution is 2.34. The summed E-state index contributed by atoms with van der Waals surface area (Å²) in [5.74, 6) is -0.338. The van der Waals surface area contributed by atoms with Gasteiger partial charge < -0.3 is 20.3 Å². The quantitative estimate of drug-likeness (QED) is 0.753. The Morgan fingerprint density at radius 3 is 2.19 bits per heavy atom. The van der Waals surface area contributed by atoms with E-state index in [1.807, 2.05) is 6.92 Å². The lowest BCUT2D eigenvalue weighted by molar-refractivity contribution is 0.0601. The highest BCUT2D eigenvalue weighted by Gasteiger charge is 2.15. The van der Waals surface area contributed by atoms with Crippen molar-refractivity contribution in [3.05, 3.63) is 53.6 Å². The Kier molecular flexibility index (Phi) is 4.33. The van der Waals surface area contributed by atoms with Crippen molar-refractivity contribution in [3.8, 4) is 11.5 Å². The van der Waals surface area contributed by atoms with Crippen molar-refractivity contribution in [3.63, 3.8) is 0 Å². The minimum Gasteiger partial charge on any atom is -0.507 e. The van der Waals surface area contributed by atoms with Gasteiger partial charge in [0, 0.05) is 5.69 Å². The zero-order chi connectivity index (χ0) is 15.4. The van der Waals surface area contributed by atoms with Crippen molar-refractivity contribution in [1.29, 1.82) is 0 Å². The molecule has 1 atom stereocenters. The van der Waals surface area contributed by atoms with Gasteiger partial charge >= 0.3 is 5.97 Å². The fraction of sp³-hybridized carbons (Fsp3) is 0.188. The molecule has 1 unspecified atom stereocenters. The van der Waals surface area contributed by atoms with E-state index >= 15 is 0 Å². The van der Waals surface area contributed by atoms with Crippen LogP contribution >= 0.6 is 0 Å². The third kappa shape index (κ3) is 3.25. The minimum absolute atomic E-state index is 0.0289. The number of ether oxygens (including phenoxy) is 1. The lowest BCUT2D eigenvalue weighted by Crippen LogP contribution is -2.08. The number of hydrogen-bond acceptors (Lipinski definition) is 5. The number of methoxy groups -OCH3 is 1. The van der Waals surface area contributed by atoms with Crippen LogP contribution in [-0.2, 0) is 4.74 Å². The number of carbonyl (C=O) groups is 1. The maximum Gasteiger partial charge on any atom is 0.337 e. The van der Waals surface area contributed by atoms with Crippen LogP contribution in [0.3, 0.4) is 0 Å². The van der Waals surface area contributed by atoms with Crippen LogP contribution in [0.5, 0.6) is 11.5 Å². The highest BCUT2D eigenvalue weighted by molar-refractivity contribution is 5.89. The average molecular weight is 287 g/mol. The number of anilines is 1. The molecular weight excluding hydrogens is 270 g/mol. The molecule has 2 aromatic carbocycles. The Morgan fingerprint density at radius 2 is 1.67 bits per heavy atom. The molecule has 0 bridgehead atoms. The van der Waals surface area contributed by atoms with Crippen molar-refractivity contribution >= 4 is 11.7 Å². The van der Waals surface area contributed by atoms with Gasteiger partial charge in [0.05, 0.1) is 24.3 Å². The summed E-state index contributed by atoms with van der Waals surface area (Å²) in [6.07, 6.45) is 0. The number of phenols is 2. The molecule has 0 aromatic heterocycles. The second-order valence-corrected chi connectivity index (χ2v) is 4.64. The van der Waals surface area contributed by atoms with E-state index in [4.69, 9.17) is 0 Å². The van der Waals surface area contributed by atoms with Crippen molar-refractivity contribution in [2.75, 3.05) is 12.4 Å². The van der Waals surface area contributed by atoms with Gasteiger partial charge in [0.15, 0.2) is 0 Å². The maximum absolute atomic E-state index is 11.3. The van der Waals surface area contributed by atoms with E-state index in [1.165, 1.54) is 19.2 Å². The SMILES string of the molecule is COC(=O)c1ccc(NC(C)c2c(O)cccc2O)cc1. The van der Waals surface area contributed by atoms with E-state index in [0.29, 0.717) is 11.1 Å². The lowest BCUT2D eigenvalue weighted by Gasteiger charge is -2.18.